The van der Waals surface area contributed by atoms with Crippen LogP contribution in [0.5, 0.6) is 5.75 Å². The van der Waals surface area contributed by atoms with E-state index in [4.69, 9.17) is 10.5 Å². The van der Waals surface area contributed by atoms with Crippen molar-refractivity contribution in [2.75, 3.05) is 19.4 Å². The number of carbonyl (C=O) groups is 1. The molecule has 1 unspecified atom stereocenters. The molecule has 3 rings (SSSR count). The fraction of sp³-hybridized carbons (Fsp3) is 0.278. The summed E-state index contributed by atoms with van der Waals surface area (Å²) in [5.41, 5.74) is 8.17. The van der Waals surface area contributed by atoms with Crippen LogP contribution < -0.4 is 10.5 Å². The molecule has 0 spiro atoms. The van der Waals surface area contributed by atoms with Gasteiger partial charge in [-0.15, -0.1) is 0 Å². The minimum atomic E-state index is 0.0395. The minimum Gasteiger partial charge on any atom is -0.497 e. The van der Waals surface area contributed by atoms with Crippen molar-refractivity contribution in [2.24, 2.45) is 0 Å². The first-order valence-corrected chi connectivity index (χ1v) is 7.49. The maximum absolute atomic E-state index is 12.8. The number of ether oxygens (including phenoxy) is 1. The highest BCUT2D eigenvalue weighted by Gasteiger charge is 2.30. The Hall–Kier alpha value is -2.49. The van der Waals surface area contributed by atoms with E-state index in [2.05, 4.69) is 6.07 Å². The van der Waals surface area contributed by atoms with E-state index >= 15 is 0 Å². The van der Waals surface area contributed by atoms with Gasteiger partial charge in [-0.3, -0.25) is 4.79 Å². The Morgan fingerprint density at radius 1 is 1.23 bits per heavy atom. The van der Waals surface area contributed by atoms with E-state index in [9.17, 15) is 4.79 Å². The Kier molecular flexibility index (Phi) is 4.00. The number of anilines is 1. The SMILES string of the molecule is COc1cccc(C2CCCN2C(=O)c2cccc(N)c2)c1. The Balaban J connectivity index is 1.88. The van der Waals surface area contributed by atoms with E-state index in [1.165, 1.54) is 0 Å². The molecule has 4 heteroatoms. The van der Waals surface area contributed by atoms with Crippen molar-refractivity contribution in [3.05, 3.63) is 59.7 Å². The summed E-state index contributed by atoms with van der Waals surface area (Å²) in [7, 11) is 1.66. The molecule has 0 aromatic heterocycles. The third-order valence-corrected chi connectivity index (χ3v) is 4.13. The van der Waals surface area contributed by atoms with Crippen LogP contribution in [0.1, 0.15) is 34.8 Å². The molecule has 22 heavy (non-hydrogen) atoms. The van der Waals surface area contributed by atoms with Crippen LogP contribution in [-0.4, -0.2) is 24.5 Å². The number of benzene rings is 2. The Labute approximate surface area is 130 Å². The summed E-state index contributed by atoms with van der Waals surface area (Å²) >= 11 is 0. The molecule has 0 aliphatic carbocycles. The van der Waals surface area contributed by atoms with Crippen LogP contribution in [0.4, 0.5) is 5.69 Å². The van der Waals surface area contributed by atoms with Gasteiger partial charge in [0.25, 0.3) is 5.91 Å². The number of nitrogens with two attached hydrogens (primary N) is 1. The van der Waals surface area contributed by atoms with Crippen LogP contribution in [0, 0.1) is 0 Å². The van der Waals surface area contributed by atoms with E-state index in [0.29, 0.717) is 11.3 Å². The molecule has 1 heterocycles. The van der Waals surface area contributed by atoms with Gasteiger partial charge in [0.1, 0.15) is 5.75 Å². The third kappa shape index (κ3) is 2.77. The van der Waals surface area contributed by atoms with E-state index in [1.54, 1.807) is 19.2 Å². The van der Waals surface area contributed by atoms with Crippen molar-refractivity contribution in [3.63, 3.8) is 0 Å². The van der Waals surface area contributed by atoms with Crippen LogP contribution in [0.3, 0.4) is 0 Å². The van der Waals surface area contributed by atoms with Crippen LogP contribution in [0.25, 0.3) is 0 Å². The molecule has 0 radical (unpaired) electrons. The van der Waals surface area contributed by atoms with E-state index in [1.807, 2.05) is 35.2 Å². The monoisotopic (exact) mass is 296 g/mol. The van der Waals surface area contributed by atoms with Gasteiger partial charge in [0.2, 0.25) is 0 Å². The average molecular weight is 296 g/mol. The molecule has 1 atom stereocenters. The normalized spacial score (nSPS) is 17.5. The van der Waals surface area contributed by atoms with Gasteiger partial charge in [-0.2, -0.15) is 0 Å². The lowest BCUT2D eigenvalue weighted by Crippen LogP contribution is -2.30. The number of carbonyl (C=O) groups excluding carboxylic acids is 1. The molecule has 4 nitrogen and oxygen atoms in total. The van der Waals surface area contributed by atoms with Crippen LogP contribution in [-0.2, 0) is 0 Å². The van der Waals surface area contributed by atoms with E-state index in [-0.39, 0.29) is 11.9 Å². The highest BCUT2D eigenvalue weighted by molar-refractivity contribution is 5.95. The zero-order valence-electron chi connectivity index (χ0n) is 12.7. The summed E-state index contributed by atoms with van der Waals surface area (Å²) in [6.45, 7) is 0.773. The van der Waals surface area contributed by atoms with Crippen LogP contribution >= 0.6 is 0 Å². The molecule has 1 fully saturated rings. The molecule has 0 bridgehead atoms. The maximum Gasteiger partial charge on any atom is 0.254 e. The number of nitrogen functional groups attached to an aromatic ring is 1. The standard InChI is InChI=1S/C18H20N2O2/c1-22-16-8-3-5-13(12-16)17-9-4-10-20(17)18(21)14-6-2-7-15(19)11-14/h2-3,5-8,11-12,17H,4,9-10,19H2,1H3. The van der Waals surface area contributed by atoms with Crippen LogP contribution in [0.15, 0.2) is 48.5 Å². The molecule has 2 N–H and O–H groups in total. The number of hydrogen-bond donors (Lipinski definition) is 1. The summed E-state index contributed by atoms with van der Waals surface area (Å²) < 4.78 is 5.29. The predicted octanol–water partition coefficient (Wildman–Crippen LogP) is 3.25. The van der Waals surface area contributed by atoms with Crippen molar-refractivity contribution in [1.29, 1.82) is 0 Å². The highest BCUT2D eigenvalue weighted by Crippen LogP contribution is 2.34. The number of hydrogen-bond acceptors (Lipinski definition) is 3. The van der Waals surface area contributed by atoms with Gasteiger partial charge in [-0.05, 0) is 48.7 Å². The second kappa shape index (κ2) is 6.10. The molecule has 1 aliphatic rings. The zero-order valence-corrected chi connectivity index (χ0v) is 12.7. The minimum absolute atomic E-state index is 0.0395. The molecule has 1 saturated heterocycles. The number of nitrogens with zero attached hydrogens (tertiary/aromatic N) is 1. The molecular weight excluding hydrogens is 276 g/mol. The summed E-state index contributed by atoms with van der Waals surface area (Å²) in [4.78, 5) is 14.7. The quantitative estimate of drug-likeness (QED) is 0.885. The number of methoxy groups -OCH3 is 1. The van der Waals surface area contributed by atoms with Gasteiger partial charge < -0.3 is 15.4 Å². The first kappa shape index (κ1) is 14.4. The van der Waals surface area contributed by atoms with Gasteiger partial charge in [-0.25, -0.2) is 0 Å². The average Bonchev–Trinajstić information content (AvgIpc) is 3.04. The Bertz CT molecular complexity index is 684. The van der Waals surface area contributed by atoms with Crippen molar-refractivity contribution in [1.82, 2.24) is 4.90 Å². The van der Waals surface area contributed by atoms with E-state index in [0.717, 1.165) is 30.7 Å². The molecule has 0 saturated carbocycles. The maximum atomic E-state index is 12.8. The summed E-state index contributed by atoms with van der Waals surface area (Å²) in [6.07, 6.45) is 1.98. The Morgan fingerprint density at radius 3 is 2.82 bits per heavy atom. The third-order valence-electron chi connectivity index (χ3n) is 4.13. The summed E-state index contributed by atoms with van der Waals surface area (Å²) in [6, 6.07) is 15.2. The van der Waals surface area contributed by atoms with Gasteiger partial charge in [-0.1, -0.05) is 18.2 Å². The Morgan fingerprint density at radius 2 is 2.05 bits per heavy atom. The lowest BCUT2D eigenvalue weighted by atomic mass is 10.0. The molecule has 114 valence electrons. The van der Waals surface area contributed by atoms with Crippen molar-refractivity contribution in [2.45, 2.75) is 18.9 Å². The summed E-state index contributed by atoms with van der Waals surface area (Å²) in [5.74, 6) is 0.860. The number of likely N-dealkylation sites (tertiary alicyclic amines) is 1. The number of rotatable bonds is 3. The fourth-order valence-corrected chi connectivity index (χ4v) is 3.04. The van der Waals surface area contributed by atoms with Gasteiger partial charge in [0, 0.05) is 17.8 Å². The molecule has 1 amide bonds. The fourth-order valence-electron chi connectivity index (χ4n) is 3.04. The van der Waals surface area contributed by atoms with Crippen LogP contribution in [0.2, 0.25) is 0 Å². The molecular formula is C18H20N2O2. The number of amides is 1. The highest BCUT2D eigenvalue weighted by atomic mass is 16.5. The largest absolute Gasteiger partial charge is 0.497 e. The van der Waals surface area contributed by atoms with E-state index < -0.39 is 0 Å². The van der Waals surface area contributed by atoms with Gasteiger partial charge in [0.05, 0.1) is 13.2 Å². The molecule has 2 aromatic rings. The smallest absolute Gasteiger partial charge is 0.254 e. The van der Waals surface area contributed by atoms with Crippen molar-refractivity contribution in [3.8, 4) is 5.75 Å². The molecule has 2 aromatic carbocycles. The van der Waals surface area contributed by atoms with Gasteiger partial charge in [0.15, 0.2) is 0 Å². The predicted molar refractivity (Wildman–Crippen MR) is 86.9 cm³/mol. The second-order valence-electron chi connectivity index (χ2n) is 5.56. The molecule has 1 aliphatic heterocycles. The zero-order chi connectivity index (χ0) is 15.5. The van der Waals surface area contributed by atoms with Gasteiger partial charge >= 0.3 is 0 Å². The lowest BCUT2D eigenvalue weighted by Gasteiger charge is -2.25. The lowest BCUT2D eigenvalue weighted by molar-refractivity contribution is 0.0735. The first-order chi connectivity index (χ1) is 10.7. The van der Waals surface area contributed by atoms with Crippen molar-refractivity contribution < 1.29 is 9.53 Å². The van der Waals surface area contributed by atoms with Crippen molar-refractivity contribution >= 4 is 11.6 Å². The topological polar surface area (TPSA) is 55.6 Å². The summed E-state index contributed by atoms with van der Waals surface area (Å²) in [5, 5.41) is 0. The second-order valence-corrected chi connectivity index (χ2v) is 5.56. The first-order valence-electron chi connectivity index (χ1n) is 7.49.